The molecule has 2 aliphatic heterocycles. The largest absolute Gasteiger partial charge is 0.306 e. The molecule has 0 aromatic rings. The van der Waals surface area contributed by atoms with E-state index in [9.17, 15) is 0 Å². The van der Waals surface area contributed by atoms with Crippen LogP contribution in [-0.4, -0.2) is 11.1 Å². The van der Waals surface area contributed by atoms with E-state index in [1.165, 1.54) is 64.2 Å². The molecule has 0 spiro atoms. The van der Waals surface area contributed by atoms with Crippen LogP contribution in [0.2, 0.25) is 0 Å². The maximum absolute atomic E-state index is 4.14. The van der Waals surface area contributed by atoms with E-state index in [0.717, 1.165) is 11.8 Å². The highest BCUT2D eigenvalue weighted by molar-refractivity contribution is 5.13. The summed E-state index contributed by atoms with van der Waals surface area (Å²) in [6.07, 6.45) is 14.3. The predicted molar refractivity (Wildman–Crippen MR) is 84.4 cm³/mol. The lowest BCUT2D eigenvalue weighted by Crippen LogP contribution is -2.72. The Labute approximate surface area is 120 Å². The van der Waals surface area contributed by atoms with Crippen molar-refractivity contribution in [3.8, 4) is 0 Å². The van der Waals surface area contributed by atoms with Crippen LogP contribution in [0.25, 0.3) is 0 Å². The van der Waals surface area contributed by atoms with E-state index < -0.39 is 0 Å². The molecule has 1 aliphatic carbocycles. The molecule has 0 aromatic carbocycles. The monoisotopic (exact) mass is 265 g/mol. The van der Waals surface area contributed by atoms with Crippen molar-refractivity contribution in [2.75, 3.05) is 0 Å². The molecule has 3 fully saturated rings. The Morgan fingerprint density at radius 3 is 1.47 bits per heavy atom. The van der Waals surface area contributed by atoms with Gasteiger partial charge in [0.25, 0.3) is 0 Å². The van der Waals surface area contributed by atoms with Gasteiger partial charge in [-0.3, -0.25) is 0 Å². The van der Waals surface area contributed by atoms with Gasteiger partial charge in [-0.1, -0.05) is 59.8 Å². The molecule has 1 heteroatoms. The lowest BCUT2D eigenvalue weighted by molar-refractivity contribution is -0.00690. The Morgan fingerprint density at radius 1 is 0.737 bits per heavy atom. The van der Waals surface area contributed by atoms with Crippen molar-refractivity contribution < 1.29 is 0 Å². The van der Waals surface area contributed by atoms with Crippen LogP contribution in [0.1, 0.15) is 91.9 Å². The summed E-state index contributed by atoms with van der Waals surface area (Å²) in [5.74, 6) is 1.65. The van der Waals surface area contributed by atoms with Crippen LogP contribution in [0.5, 0.6) is 0 Å². The quantitative estimate of drug-likeness (QED) is 0.728. The maximum atomic E-state index is 4.14. The highest BCUT2D eigenvalue weighted by atomic mass is 15.1. The zero-order valence-corrected chi connectivity index (χ0v) is 13.7. The van der Waals surface area contributed by atoms with Crippen molar-refractivity contribution >= 4 is 0 Å². The summed E-state index contributed by atoms with van der Waals surface area (Å²) in [5.41, 5.74) is 1.00. The first-order valence-corrected chi connectivity index (χ1v) is 8.75. The SMILES string of the molecule is CC(C)CC12CCCCCCCC(CC(C)C)(C1)N2. The van der Waals surface area contributed by atoms with Gasteiger partial charge in [0.15, 0.2) is 0 Å². The minimum Gasteiger partial charge on any atom is -0.306 e. The van der Waals surface area contributed by atoms with Crippen molar-refractivity contribution in [1.29, 1.82) is 0 Å². The van der Waals surface area contributed by atoms with E-state index >= 15 is 0 Å². The molecule has 2 heterocycles. The zero-order valence-electron chi connectivity index (χ0n) is 13.7. The molecule has 3 aliphatic rings. The van der Waals surface area contributed by atoms with Gasteiger partial charge in [0.1, 0.15) is 0 Å². The fourth-order valence-electron chi connectivity index (χ4n) is 4.96. The Bertz CT molecular complexity index is 247. The van der Waals surface area contributed by atoms with Gasteiger partial charge < -0.3 is 5.32 Å². The average Bonchev–Trinajstić information content (AvgIpc) is 2.24. The molecule has 2 unspecified atom stereocenters. The van der Waals surface area contributed by atoms with E-state index in [0.29, 0.717) is 11.1 Å². The van der Waals surface area contributed by atoms with Crippen LogP contribution >= 0.6 is 0 Å². The number of fused-ring (bicyclic) bond motifs is 6. The van der Waals surface area contributed by atoms with Crippen LogP contribution in [-0.2, 0) is 0 Å². The highest BCUT2D eigenvalue weighted by Gasteiger charge is 2.52. The third-order valence-electron chi connectivity index (χ3n) is 5.12. The topological polar surface area (TPSA) is 12.0 Å². The summed E-state index contributed by atoms with van der Waals surface area (Å²) in [6.45, 7) is 9.55. The molecule has 1 nitrogen and oxygen atoms in total. The lowest BCUT2D eigenvalue weighted by atomic mass is 9.61. The summed E-state index contributed by atoms with van der Waals surface area (Å²) in [7, 11) is 0. The fraction of sp³-hybridized carbons (Fsp3) is 1.00. The second kappa shape index (κ2) is 6.16. The number of hydrogen-bond donors (Lipinski definition) is 1. The summed E-state index contributed by atoms with van der Waals surface area (Å²) in [6, 6.07) is 0. The maximum Gasteiger partial charge on any atom is 0.0206 e. The Balaban J connectivity index is 2.04. The van der Waals surface area contributed by atoms with E-state index in [-0.39, 0.29) is 0 Å². The molecule has 2 bridgehead atoms. The third-order valence-corrected chi connectivity index (χ3v) is 5.12. The summed E-state index contributed by atoms with van der Waals surface area (Å²) in [5, 5.41) is 4.14. The number of nitrogens with one attached hydrogen (secondary N) is 1. The first-order valence-electron chi connectivity index (χ1n) is 8.75. The van der Waals surface area contributed by atoms with Gasteiger partial charge in [0.2, 0.25) is 0 Å². The molecular formula is C18H35N. The van der Waals surface area contributed by atoms with Gasteiger partial charge in [-0.05, 0) is 43.9 Å². The van der Waals surface area contributed by atoms with E-state index in [1.54, 1.807) is 0 Å². The second-order valence-corrected chi connectivity index (χ2v) is 8.33. The first-order chi connectivity index (χ1) is 8.95. The Hall–Kier alpha value is -0.0400. The van der Waals surface area contributed by atoms with Crippen LogP contribution in [0.4, 0.5) is 0 Å². The van der Waals surface area contributed by atoms with Gasteiger partial charge in [-0.15, -0.1) is 0 Å². The summed E-state index contributed by atoms with van der Waals surface area (Å²) >= 11 is 0. The Morgan fingerprint density at radius 2 is 1.11 bits per heavy atom. The van der Waals surface area contributed by atoms with Crippen molar-refractivity contribution in [1.82, 2.24) is 5.32 Å². The van der Waals surface area contributed by atoms with Crippen LogP contribution in [0.3, 0.4) is 0 Å². The summed E-state index contributed by atoms with van der Waals surface area (Å²) in [4.78, 5) is 0. The smallest absolute Gasteiger partial charge is 0.0206 e. The Kier molecular flexibility index (Phi) is 4.98. The van der Waals surface area contributed by atoms with E-state index in [1.807, 2.05) is 0 Å². The molecule has 0 amide bonds. The normalized spacial score (nSPS) is 36.3. The van der Waals surface area contributed by atoms with Gasteiger partial charge in [0, 0.05) is 11.1 Å². The predicted octanol–water partition coefficient (Wildman–Crippen LogP) is 5.29. The molecular weight excluding hydrogens is 230 g/mol. The molecule has 0 radical (unpaired) electrons. The molecule has 2 atom stereocenters. The number of rotatable bonds is 4. The van der Waals surface area contributed by atoms with E-state index in [4.69, 9.17) is 0 Å². The molecule has 112 valence electrons. The fourth-order valence-corrected chi connectivity index (χ4v) is 4.96. The second-order valence-electron chi connectivity index (χ2n) is 8.33. The summed E-state index contributed by atoms with van der Waals surface area (Å²) < 4.78 is 0. The average molecular weight is 265 g/mol. The molecule has 19 heavy (non-hydrogen) atoms. The molecule has 3 rings (SSSR count). The van der Waals surface area contributed by atoms with Gasteiger partial charge >= 0.3 is 0 Å². The van der Waals surface area contributed by atoms with Crippen molar-refractivity contribution in [2.24, 2.45) is 11.8 Å². The molecule has 2 saturated heterocycles. The van der Waals surface area contributed by atoms with Gasteiger partial charge in [0.05, 0.1) is 0 Å². The van der Waals surface area contributed by atoms with Crippen molar-refractivity contribution in [2.45, 2.75) is 103 Å². The van der Waals surface area contributed by atoms with Crippen molar-refractivity contribution in [3.63, 3.8) is 0 Å². The van der Waals surface area contributed by atoms with Crippen LogP contribution < -0.4 is 5.32 Å². The van der Waals surface area contributed by atoms with E-state index in [2.05, 4.69) is 33.0 Å². The lowest BCUT2D eigenvalue weighted by Gasteiger charge is -2.60. The standard InChI is InChI=1S/C18H35N/c1-15(2)12-17-10-8-6-5-7-9-11-18(14-17,19-17)13-16(3)4/h15-16,19H,5-14H2,1-4H3. The molecule has 0 aromatic heterocycles. The van der Waals surface area contributed by atoms with Crippen molar-refractivity contribution in [3.05, 3.63) is 0 Å². The molecule has 1 N–H and O–H groups in total. The van der Waals surface area contributed by atoms with Crippen LogP contribution in [0, 0.1) is 11.8 Å². The highest BCUT2D eigenvalue weighted by Crippen LogP contribution is 2.47. The third kappa shape index (κ3) is 3.97. The van der Waals surface area contributed by atoms with Gasteiger partial charge in [-0.25, -0.2) is 0 Å². The first kappa shape index (κ1) is 15.4. The number of hydrogen-bond acceptors (Lipinski definition) is 1. The zero-order chi connectivity index (χ0) is 13.9. The van der Waals surface area contributed by atoms with Gasteiger partial charge in [-0.2, -0.15) is 0 Å². The minimum atomic E-state index is 0.500. The minimum absolute atomic E-state index is 0.500. The molecule has 1 saturated carbocycles. The van der Waals surface area contributed by atoms with Crippen LogP contribution in [0.15, 0.2) is 0 Å².